The topological polar surface area (TPSA) is 60.7 Å². The Morgan fingerprint density at radius 2 is 1.83 bits per heavy atom. The number of carbonyl (C=O) groups is 1. The van der Waals surface area contributed by atoms with Gasteiger partial charge in [0.2, 0.25) is 0 Å². The zero-order chi connectivity index (χ0) is 25.1. The molecule has 0 saturated heterocycles. The SMILES string of the molecule is CCCC1=C(C(=O)OCC)[C@@H](c2ccc(C(C)C)cc2)n2c(s/c(=C\c3ccc(Cl)cc3)c2=O)=N1. The van der Waals surface area contributed by atoms with Gasteiger partial charge in [-0.05, 0) is 54.2 Å². The molecule has 0 amide bonds. The molecule has 1 aromatic heterocycles. The van der Waals surface area contributed by atoms with Crippen LogP contribution in [0.15, 0.2) is 69.6 Å². The van der Waals surface area contributed by atoms with Crippen molar-refractivity contribution in [3.05, 3.63) is 101 Å². The first kappa shape index (κ1) is 25.1. The van der Waals surface area contributed by atoms with E-state index in [0.717, 1.165) is 17.5 Å². The Kier molecular flexibility index (Phi) is 7.72. The van der Waals surface area contributed by atoms with Crippen molar-refractivity contribution in [1.82, 2.24) is 4.57 Å². The van der Waals surface area contributed by atoms with Gasteiger partial charge in [0.15, 0.2) is 4.80 Å². The lowest BCUT2D eigenvalue weighted by atomic mass is 9.92. The lowest BCUT2D eigenvalue weighted by molar-refractivity contribution is -0.139. The van der Waals surface area contributed by atoms with E-state index in [1.54, 1.807) is 23.6 Å². The normalized spacial score (nSPS) is 15.8. The molecule has 2 aromatic carbocycles. The lowest BCUT2D eigenvalue weighted by Gasteiger charge is -2.26. The molecule has 7 heteroatoms. The van der Waals surface area contributed by atoms with Crippen molar-refractivity contribution in [2.45, 2.75) is 52.5 Å². The Balaban J connectivity index is 1.97. The molecule has 0 bridgehead atoms. The number of hydrogen-bond donors (Lipinski definition) is 0. The molecule has 0 fully saturated rings. The Bertz CT molecular complexity index is 1430. The molecule has 0 unspecified atom stereocenters. The number of rotatable bonds is 7. The maximum absolute atomic E-state index is 13.7. The van der Waals surface area contributed by atoms with Crippen LogP contribution in [0.1, 0.15) is 69.2 Å². The lowest BCUT2D eigenvalue weighted by Crippen LogP contribution is -2.40. The number of aromatic nitrogens is 1. The van der Waals surface area contributed by atoms with Crippen molar-refractivity contribution >= 4 is 35.0 Å². The second kappa shape index (κ2) is 10.8. The van der Waals surface area contributed by atoms with E-state index in [-0.39, 0.29) is 12.2 Å². The number of esters is 1. The number of ether oxygens (including phenoxy) is 1. The smallest absolute Gasteiger partial charge is 0.338 e. The summed E-state index contributed by atoms with van der Waals surface area (Å²) in [5, 5.41) is 0.636. The predicted octanol–water partition coefficient (Wildman–Crippen LogP) is 5.36. The number of carbonyl (C=O) groups excluding carboxylic acids is 1. The average Bonchev–Trinajstić information content (AvgIpc) is 3.14. The first-order valence-corrected chi connectivity index (χ1v) is 13.1. The van der Waals surface area contributed by atoms with Crippen LogP contribution >= 0.6 is 22.9 Å². The molecule has 35 heavy (non-hydrogen) atoms. The summed E-state index contributed by atoms with van der Waals surface area (Å²) in [6.45, 7) is 8.36. The molecular formula is C28H29ClN2O3S. The highest BCUT2D eigenvalue weighted by atomic mass is 35.5. The van der Waals surface area contributed by atoms with Crippen LogP contribution in [-0.4, -0.2) is 17.1 Å². The van der Waals surface area contributed by atoms with Crippen molar-refractivity contribution in [1.29, 1.82) is 0 Å². The molecule has 1 aliphatic rings. The Morgan fingerprint density at radius 3 is 2.43 bits per heavy atom. The fraction of sp³-hybridized carbons (Fsp3) is 0.321. The van der Waals surface area contributed by atoms with Gasteiger partial charge < -0.3 is 4.74 Å². The molecule has 1 aliphatic heterocycles. The van der Waals surface area contributed by atoms with E-state index in [0.29, 0.717) is 38.0 Å². The maximum atomic E-state index is 13.7. The minimum Gasteiger partial charge on any atom is -0.463 e. The number of hydrogen-bond acceptors (Lipinski definition) is 5. The quantitative estimate of drug-likeness (QED) is 0.404. The fourth-order valence-corrected chi connectivity index (χ4v) is 5.36. The Labute approximate surface area is 214 Å². The van der Waals surface area contributed by atoms with Crippen LogP contribution < -0.4 is 14.9 Å². The number of allylic oxidation sites excluding steroid dienone is 1. The van der Waals surface area contributed by atoms with Crippen LogP contribution in [0.4, 0.5) is 0 Å². The number of thiazole rings is 1. The Hall–Kier alpha value is -2.96. The molecule has 0 spiro atoms. The second-order valence-corrected chi connectivity index (χ2v) is 10.2. The summed E-state index contributed by atoms with van der Waals surface area (Å²) < 4.78 is 7.64. The second-order valence-electron chi connectivity index (χ2n) is 8.79. The van der Waals surface area contributed by atoms with Crippen molar-refractivity contribution in [3.63, 3.8) is 0 Å². The molecule has 0 saturated carbocycles. The van der Waals surface area contributed by atoms with Crippen LogP contribution in [0.2, 0.25) is 5.02 Å². The summed E-state index contributed by atoms with van der Waals surface area (Å²) >= 11 is 7.35. The summed E-state index contributed by atoms with van der Waals surface area (Å²) in [6, 6.07) is 14.9. The molecule has 4 rings (SSSR count). The summed E-state index contributed by atoms with van der Waals surface area (Å²) in [5.41, 5.74) is 3.87. The highest BCUT2D eigenvalue weighted by Gasteiger charge is 2.34. The van der Waals surface area contributed by atoms with Gasteiger partial charge >= 0.3 is 5.97 Å². The van der Waals surface area contributed by atoms with Crippen LogP contribution in [-0.2, 0) is 9.53 Å². The highest BCUT2D eigenvalue weighted by molar-refractivity contribution is 7.07. The van der Waals surface area contributed by atoms with Crippen LogP contribution in [0.5, 0.6) is 0 Å². The van der Waals surface area contributed by atoms with Crippen LogP contribution in [0, 0.1) is 0 Å². The van der Waals surface area contributed by atoms with Gasteiger partial charge in [0, 0.05) is 5.02 Å². The first-order chi connectivity index (χ1) is 16.8. The summed E-state index contributed by atoms with van der Waals surface area (Å²) in [5.74, 6) is -0.0502. The summed E-state index contributed by atoms with van der Waals surface area (Å²) in [7, 11) is 0. The van der Waals surface area contributed by atoms with Gasteiger partial charge in [-0.25, -0.2) is 9.79 Å². The largest absolute Gasteiger partial charge is 0.463 e. The van der Waals surface area contributed by atoms with Gasteiger partial charge in [-0.1, -0.05) is 86.5 Å². The molecule has 0 aliphatic carbocycles. The fourth-order valence-electron chi connectivity index (χ4n) is 4.21. The number of benzene rings is 2. The number of nitrogens with zero attached hydrogens (tertiary/aromatic N) is 2. The van der Waals surface area contributed by atoms with E-state index >= 15 is 0 Å². The first-order valence-electron chi connectivity index (χ1n) is 11.9. The van der Waals surface area contributed by atoms with E-state index in [4.69, 9.17) is 21.3 Å². The van der Waals surface area contributed by atoms with E-state index in [1.165, 1.54) is 16.9 Å². The van der Waals surface area contributed by atoms with Crippen molar-refractivity contribution in [3.8, 4) is 0 Å². The molecule has 0 radical (unpaired) electrons. The third-order valence-corrected chi connectivity index (χ3v) is 7.21. The van der Waals surface area contributed by atoms with Crippen molar-refractivity contribution in [2.24, 2.45) is 4.99 Å². The number of halogens is 1. The van der Waals surface area contributed by atoms with Gasteiger partial charge in [-0.15, -0.1) is 0 Å². The predicted molar refractivity (Wildman–Crippen MR) is 142 cm³/mol. The molecule has 0 N–H and O–H groups in total. The minimum atomic E-state index is -0.597. The van der Waals surface area contributed by atoms with Gasteiger partial charge in [0.25, 0.3) is 5.56 Å². The van der Waals surface area contributed by atoms with E-state index in [9.17, 15) is 9.59 Å². The molecular weight excluding hydrogens is 480 g/mol. The van der Waals surface area contributed by atoms with Gasteiger partial charge in [0.05, 0.1) is 28.5 Å². The van der Waals surface area contributed by atoms with Crippen LogP contribution in [0.3, 0.4) is 0 Å². The third-order valence-electron chi connectivity index (χ3n) is 5.98. The minimum absolute atomic E-state index is 0.181. The highest BCUT2D eigenvalue weighted by Crippen LogP contribution is 2.33. The monoisotopic (exact) mass is 508 g/mol. The standard InChI is InChI=1S/C28H29ClN2O3S/c1-5-7-22-24(27(33)34-6-2)25(20-12-10-19(11-13-20)17(3)4)31-26(32)23(35-28(31)30-22)16-18-8-14-21(29)15-9-18/h8-17,25H,5-7H2,1-4H3/b23-16-/t25-/m1/s1. The zero-order valence-electron chi connectivity index (χ0n) is 20.4. The zero-order valence-corrected chi connectivity index (χ0v) is 21.9. The molecule has 182 valence electrons. The van der Waals surface area contributed by atoms with E-state index in [1.807, 2.05) is 37.3 Å². The maximum Gasteiger partial charge on any atom is 0.338 e. The molecule has 1 atom stereocenters. The summed E-state index contributed by atoms with van der Waals surface area (Å²) in [4.78, 5) is 32.3. The average molecular weight is 509 g/mol. The molecule has 3 aromatic rings. The van der Waals surface area contributed by atoms with Gasteiger partial charge in [-0.2, -0.15) is 0 Å². The van der Waals surface area contributed by atoms with E-state index in [2.05, 4.69) is 26.0 Å². The third kappa shape index (κ3) is 5.19. The summed E-state index contributed by atoms with van der Waals surface area (Å²) in [6.07, 6.45) is 3.28. The van der Waals surface area contributed by atoms with Crippen molar-refractivity contribution in [2.75, 3.05) is 6.61 Å². The van der Waals surface area contributed by atoms with Crippen LogP contribution in [0.25, 0.3) is 6.08 Å². The van der Waals surface area contributed by atoms with Crippen molar-refractivity contribution < 1.29 is 9.53 Å². The number of fused-ring (bicyclic) bond motifs is 1. The van der Waals surface area contributed by atoms with E-state index < -0.39 is 12.0 Å². The van der Waals surface area contributed by atoms with Gasteiger partial charge in [0.1, 0.15) is 0 Å². The molecule has 5 nitrogen and oxygen atoms in total. The molecule has 2 heterocycles. The van der Waals surface area contributed by atoms with Gasteiger partial charge in [-0.3, -0.25) is 9.36 Å². The Morgan fingerprint density at radius 1 is 1.14 bits per heavy atom.